The summed E-state index contributed by atoms with van der Waals surface area (Å²) < 4.78 is 26.6. The fraction of sp³-hybridized carbons (Fsp3) is 0.478. The third-order valence-corrected chi connectivity index (χ3v) is 6.39. The smallest absolute Gasteiger partial charge is 0.207 e. The maximum Gasteiger partial charge on any atom is 0.243 e. The van der Waals surface area contributed by atoms with E-state index >= 15 is 0 Å². The molecule has 0 atom stereocenters. The highest BCUT2D eigenvalue weighted by atomic mass is 32.2. The van der Waals surface area contributed by atoms with Crippen LogP contribution in [0.4, 0.5) is 0 Å². The number of rotatable bonds is 10. The van der Waals surface area contributed by atoms with E-state index in [4.69, 9.17) is 0 Å². The van der Waals surface area contributed by atoms with Gasteiger partial charge in [0.2, 0.25) is 10.0 Å². The molecule has 4 heteroatoms. The molecule has 0 aliphatic rings. The molecule has 0 heterocycles. The van der Waals surface area contributed by atoms with Crippen molar-refractivity contribution in [3.05, 3.63) is 64.8 Å². The summed E-state index contributed by atoms with van der Waals surface area (Å²) in [4.78, 5) is 0.344. The first kappa shape index (κ1) is 23.4. The lowest BCUT2D eigenvalue weighted by Gasteiger charge is -2.16. The Kier molecular flexibility index (Phi) is 9.75. The lowest BCUT2D eigenvalue weighted by atomic mass is 10.1. The molecule has 3 nitrogen and oxygen atoms in total. The van der Waals surface area contributed by atoms with Gasteiger partial charge in [0.05, 0.1) is 4.90 Å². The normalized spacial score (nSPS) is 13.1. The van der Waals surface area contributed by atoms with E-state index in [0.29, 0.717) is 11.4 Å². The highest BCUT2D eigenvalue weighted by Gasteiger charge is 2.19. The Labute approximate surface area is 166 Å². The lowest BCUT2D eigenvalue weighted by Crippen LogP contribution is -2.27. The number of nitrogens with zero attached hydrogens (tertiary/aromatic N) is 1. The zero-order valence-electron chi connectivity index (χ0n) is 17.7. The van der Waals surface area contributed by atoms with E-state index in [0.717, 1.165) is 31.2 Å². The third-order valence-electron chi connectivity index (χ3n) is 4.55. The molecule has 0 aliphatic carbocycles. The van der Waals surface area contributed by atoms with Gasteiger partial charge in [-0.05, 0) is 72.4 Å². The second-order valence-corrected chi connectivity index (χ2v) is 9.60. The molecule has 150 valence electrons. The molecular weight excluding hydrogens is 354 g/mol. The van der Waals surface area contributed by atoms with Crippen LogP contribution in [0, 0.1) is 6.92 Å². The molecule has 0 bridgehead atoms. The first-order chi connectivity index (χ1) is 12.6. The van der Waals surface area contributed by atoms with Crippen LogP contribution in [0.5, 0.6) is 0 Å². The SMILES string of the molecule is CC(C)=CCC/C(C)=C/CC/C(C)=C/CN(C)S(=O)(=O)c1ccc(C)cc1. The average molecular weight is 390 g/mol. The summed E-state index contributed by atoms with van der Waals surface area (Å²) in [6.07, 6.45) is 10.7. The Hall–Kier alpha value is -1.65. The van der Waals surface area contributed by atoms with E-state index in [2.05, 4.69) is 39.8 Å². The van der Waals surface area contributed by atoms with E-state index in [-0.39, 0.29) is 0 Å². The minimum absolute atomic E-state index is 0.344. The van der Waals surface area contributed by atoms with Crippen molar-refractivity contribution in [3.63, 3.8) is 0 Å². The Morgan fingerprint density at radius 1 is 0.889 bits per heavy atom. The molecule has 0 saturated heterocycles. The van der Waals surface area contributed by atoms with Crippen LogP contribution in [0.1, 0.15) is 58.9 Å². The van der Waals surface area contributed by atoms with Crippen LogP contribution in [0.15, 0.2) is 64.1 Å². The quantitative estimate of drug-likeness (QED) is 0.458. The minimum Gasteiger partial charge on any atom is -0.207 e. The van der Waals surface area contributed by atoms with Crippen molar-refractivity contribution < 1.29 is 8.42 Å². The van der Waals surface area contributed by atoms with Crippen LogP contribution in [0.3, 0.4) is 0 Å². The molecular formula is C23H35NO2S. The molecule has 0 unspecified atom stereocenters. The summed E-state index contributed by atoms with van der Waals surface area (Å²) in [7, 11) is -1.80. The van der Waals surface area contributed by atoms with Crippen LogP contribution >= 0.6 is 0 Å². The molecule has 27 heavy (non-hydrogen) atoms. The number of hydrogen-bond donors (Lipinski definition) is 0. The van der Waals surface area contributed by atoms with E-state index in [1.165, 1.54) is 21.0 Å². The standard InChI is InChI=1S/C23H35NO2S/c1-19(2)9-7-10-20(3)11-8-12-21(4)17-18-24(6)27(25,26)23-15-13-22(5)14-16-23/h9,11,13-17H,7-8,10,12,18H2,1-6H3/b20-11+,21-17+. The van der Waals surface area contributed by atoms with E-state index < -0.39 is 10.0 Å². The summed E-state index contributed by atoms with van der Waals surface area (Å²) in [6, 6.07) is 6.99. The predicted octanol–water partition coefficient (Wildman–Crippen LogP) is 6.03. The van der Waals surface area contributed by atoms with Crippen LogP contribution in [0.2, 0.25) is 0 Å². The molecule has 0 N–H and O–H groups in total. The Morgan fingerprint density at radius 3 is 1.96 bits per heavy atom. The molecule has 1 rings (SSSR count). The Morgan fingerprint density at radius 2 is 1.41 bits per heavy atom. The van der Waals surface area contributed by atoms with E-state index in [1.807, 2.05) is 25.1 Å². The summed E-state index contributed by atoms with van der Waals surface area (Å²) in [5, 5.41) is 0. The highest BCUT2D eigenvalue weighted by Crippen LogP contribution is 2.16. The van der Waals surface area contributed by atoms with Crippen molar-refractivity contribution in [2.75, 3.05) is 13.6 Å². The van der Waals surface area contributed by atoms with Crippen LogP contribution in [-0.4, -0.2) is 26.3 Å². The van der Waals surface area contributed by atoms with Crippen LogP contribution in [-0.2, 0) is 10.0 Å². The lowest BCUT2D eigenvalue weighted by molar-refractivity contribution is 0.498. The van der Waals surface area contributed by atoms with Gasteiger partial charge in [-0.25, -0.2) is 8.42 Å². The largest absolute Gasteiger partial charge is 0.243 e. The molecule has 0 fully saturated rings. The number of allylic oxidation sites excluding steroid dienone is 5. The summed E-state index contributed by atoms with van der Waals surface area (Å²) in [5.41, 5.74) is 5.05. The van der Waals surface area contributed by atoms with Gasteiger partial charge in [0, 0.05) is 13.6 Å². The zero-order chi connectivity index (χ0) is 20.4. The van der Waals surface area contributed by atoms with Gasteiger partial charge in [-0.2, -0.15) is 4.31 Å². The fourth-order valence-electron chi connectivity index (χ4n) is 2.61. The molecule has 0 radical (unpaired) electrons. The molecule has 0 aromatic heterocycles. The van der Waals surface area contributed by atoms with Gasteiger partial charge in [-0.3, -0.25) is 0 Å². The van der Waals surface area contributed by atoms with Gasteiger partial charge in [0.15, 0.2) is 0 Å². The first-order valence-electron chi connectivity index (χ1n) is 9.60. The number of likely N-dealkylation sites (N-methyl/N-ethyl adjacent to an activating group) is 1. The van der Waals surface area contributed by atoms with E-state index in [1.54, 1.807) is 19.2 Å². The maximum absolute atomic E-state index is 12.6. The Balaban J connectivity index is 2.53. The van der Waals surface area contributed by atoms with Crippen molar-refractivity contribution in [2.24, 2.45) is 0 Å². The van der Waals surface area contributed by atoms with Crippen molar-refractivity contribution in [1.82, 2.24) is 4.31 Å². The molecule has 0 amide bonds. The Bertz CT molecular complexity index is 780. The van der Waals surface area contributed by atoms with Crippen LogP contribution < -0.4 is 0 Å². The number of sulfonamides is 1. The van der Waals surface area contributed by atoms with Crippen molar-refractivity contribution in [1.29, 1.82) is 0 Å². The van der Waals surface area contributed by atoms with Gasteiger partial charge in [0.1, 0.15) is 0 Å². The van der Waals surface area contributed by atoms with Gasteiger partial charge >= 0.3 is 0 Å². The highest BCUT2D eigenvalue weighted by molar-refractivity contribution is 7.89. The minimum atomic E-state index is -3.43. The first-order valence-corrected chi connectivity index (χ1v) is 11.0. The predicted molar refractivity (Wildman–Crippen MR) is 116 cm³/mol. The van der Waals surface area contributed by atoms with Gasteiger partial charge in [-0.1, -0.05) is 52.6 Å². The molecule has 1 aromatic carbocycles. The second kappa shape index (κ2) is 11.3. The van der Waals surface area contributed by atoms with Crippen molar-refractivity contribution >= 4 is 10.0 Å². The summed E-state index contributed by atoms with van der Waals surface area (Å²) in [6.45, 7) is 10.8. The molecule has 0 aliphatic heterocycles. The summed E-state index contributed by atoms with van der Waals surface area (Å²) >= 11 is 0. The average Bonchev–Trinajstić information content (AvgIpc) is 2.59. The monoisotopic (exact) mass is 389 g/mol. The van der Waals surface area contributed by atoms with Gasteiger partial charge < -0.3 is 0 Å². The zero-order valence-corrected chi connectivity index (χ0v) is 18.6. The second-order valence-electron chi connectivity index (χ2n) is 7.56. The van der Waals surface area contributed by atoms with E-state index in [9.17, 15) is 8.42 Å². The fourth-order valence-corrected chi connectivity index (χ4v) is 3.72. The third kappa shape index (κ3) is 8.72. The van der Waals surface area contributed by atoms with Gasteiger partial charge in [0.25, 0.3) is 0 Å². The maximum atomic E-state index is 12.6. The molecule has 0 spiro atoms. The van der Waals surface area contributed by atoms with Gasteiger partial charge in [-0.15, -0.1) is 0 Å². The number of hydrogen-bond acceptors (Lipinski definition) is 2. The molecule has 1 aromatic rings. The van der Waals surface area contributed by atoms with Crippen molar-refractivity contribution in [2.45, 2.75) is 65.2 Å². The van der Waals surface area contributed by atoms with Crippen LogP contribution in [0.25, 0.3) is 0 Å². The topological polar surface area (TPSA) is 37.4 Å². The number of aryl methyl sites for hydroxylation is 1. The number of benzene rings is 1. The van der Waals surface area contributed by atoms with Crippen molar-refractivity contribution in [3.8, 4) is 0 Å². The summed E-state index contributed by atoms with van der Waals surface area (Å²) in [5.74, 6) is 0. The molecule has 0 saturated carbocycles.